The van der Waals surface area contributed by atoms with Crippen LogP contribution in [0.3, 0.4) is 0 Å². The topological polar surface area (TPSA) is 75.7 Å². The molecule has 0 aromatic heterocycles. The Kier molecular flexibility index (Phi) is 4.36. The van der Waals surface area contributed by atoms with E-state index in [2.05, 4.69) is 26.8 Å². The molecule has 5 nitrogen and oxygen atoms in total. The maximum Gasteiger partial charge on any atom is 0.271 e. The zero-order valence-corrected chi connectivity index (χ0v) is 12.2. The van der Waals surface area contributed by atoms with Gasteiger partial charge in [-0.05, 0) is 34.1 Å². The van der Waals surface area contributed by atoms with Gasteiger partial charge >= 0.3 is 0 Å². The summed E-state index contributed by atoms with van der Waals surface area (Å²) in [6, 6.07) is 9.42. The fourth-order valence-corrected chi connectivity index (χ4v) is 2.09. The first-order chi connectivity index (χ1) is 10.0. The Hall–Kier alpha value is -2.65. The number of phenols is 1. The van der Waals surface area contributed by atoms with Gasteiger partial charge in [-0.3, -0.25) is 15.1 Å². The van der Waals surface area contributed by atoms with Gasteiger partial charge in [-0.1, -0.05) is 12.0 Å². The number of aliphatic imine (C=N–C) groups is 1. The highest BCUT2D eigenvalue weighted by atomic mass is 79.9. The third-order valence-corrected chi connectivity index (χ3v) is 3.26. The van der Waals surface area contributed by atoms with Crippen LogP contribution in [-0.2, 0) is 0 Å². The smallest absolute Gasteiger partial charge is 0.271 e. The van der Waals surface area contributed by atoms with Crippen LogP contribution in [0.2, 0.25) is 0 Å². The number of nitrogens with zero attached hydrogens (tertiary/aromatic N) is 2. The van der Waals surface area contributed by atoms with E-state index in [1.807, 2.05) is 0 Å². The Morgan fingerprint density at radius 1 is 1.38 bits per heavy atom. The van der Waals surface area contributed by atoms with E-state index in [1.54, 1.807) is 24.3 Å². The van der Waals surface area contributed by atoms with E-state index in [4.69, 9.17) is 6.42 Å². The van der Waals surface area contributed by atoms with Gasteiger partial charge in [0.05, 0.1) is 15.1 Å². The molecule has 104 valence electrons. The first-order valence-electron chi connectivity index (χ1n) is 5.79. The van der Waals surface area contributed by atoms with E-state index in [0.29, 0.717) is 11.3 Å². The van der Waals surface area contributed by atoms with Crippen LogP contribution in [0.15, 0.2) is 45.9 Å². The van der Waals surface area contributed by atoms with E-state index in [1.165, 1.54) is 18.3 Å². The van der Waals surface area contributed by atoms with Crippen molar-refractivity contribution in [1.29, 1.82) is 0 Å². The third kappa shape index (κ3) is 3.46. The number of aromatic hydroxyl groups is 1. The van der Waals surface area contributed by atoms with Crippen molar-refractivity contribution in [3.63, 3.8) is 0 Å². The van der Waals surface area contributed by atoms with Gasteiger partial charge in [0.25, 0.3) is 5.69 Å². The lowest BCUT2D eigenvalue weighted by molar-refractivity contribution is -0.385. The van der Waals surface area contributed by atoms with Crippen LogP contribution in [0.4, 0.5) is 11.4 Å². The number of phenolic OH excluding ortho intramolecular Hbond substituents is 1. The van der Waals surface area contributed by atoms with Crippen molar-refractivity contribution in [3.05, 3.63) is 62.1 Å². The van der Waals surface area contributed by atoms with E-state index in [9.17, 15) is 15.2 Å². The van der Waals surface area contributed by atoms with Crippen LogP contribution in [0, 0.1) is 22.5 Å². The summed E-state index contributed by atoms with van der Waals surface area (Å²) in [4.78, 5) is 14.4. The molecule has 2 aromatic carbocycles. The van der Waals surface area contributed by atoms with Crippen molar-refractivity contribution in [2.75, 3.05) is 0 Å². The maximum absolute atomic E-state index is 10.8. The number of hydrogen-bond acceptors (Lipinski definition) is 4. The Bertz CT molecular complexity index is 779. The van der Waals surface area contributed by atoms with E-state index >= 15 is 0 Å². The first-order valence-corrected chi connectivity index (χ1v) is 6.58. The predicted molar refractivity (Wildman–Crippen MR) is 84.1 cm³/mol. The summed E-state index contributed by atoms with van der Waals surface area (Å²) in [6.45, 7) is 0. The minimum atomic E-state index is -0.541. The Balaban J connectivity index is 2.40. The summed E-state index contributed by atoms with van der Waals surface area (Å²) >= 11 is 3.07. The number of halogens is 1. The third-order valence-electron chi connectivity index (χ3n) is 2.65. The van der Waals surface area contributed by atoms with Crippen LogP contribution >= 0.6 is 15.9 Å². The summed E-state index contributed by atoms with van der Waals surface area (Å²) in [5.74, 6) is 2.38. The molecule has 0 atom stereocenters. The first kappa shape index (κ1) is 14.8. The molecular formula is C15H9BrN2O3. The molecule has 0 radical (unpaired) electrons. The summed E-state index contributed by atoms with van der Waals surface area (Å²) in [5.41, 5.74) is 1.36. The minimum Gasteiger partial charge on any atom is -0.506 e. The Labute approximate surface area is 129 Å². The molecule has 0 fully saturated rings. The molecule has 0 saturated heterocycles. The molecule has 6 heteroatoms. The van der Waals surface area contributed by atoms with Gasteiger partial charge in [0, 0.05) is 29.5 Å². The second kappa shape index (κ2) is 6.20. The maximum atomic E-state index is 10.8. The van der Waals surface area contributed by atoms with Gasteiger partial charge in [-0.15, -0.1) is 6.42 Å². The fraction of sp³-hybridized carbons (Fsp3) is 0. The lowest BCUT2D eigenvalue weighted by Gasteiger charge is -2.02. The number of non-ortho nitro benzene ring substituents is 1. The fourth-order valence-electron chi connectivity index (χ4n) is 1.63. The van der Waals surface area contributed by atoms with Crippen LogP contribution in [0.25, 0.3) is 0 Å². The molecule has 0 aliphatic rings. The number of nitro benzene ring substituents is 1. The summed E-state index contributed by atoms with van der Waals surface area (Å²) in [7, 11) is 0. The van der Waals surface area contributed by atoms with Crippen molar-refractivity contribution >= 4 is 33.5 Å². The zero-order chi connectivity index (χ0) is 15.4. The van der Waals surface area contributed by atoms with Gasteiger partial charge in [0.15, 0.2) is 0 Å². The highest BCUT2D eigenvalue weighted by Gasteiger charge is 2.13. The van der Waals surface area contributed by atoms with Crippen LogP contribution in [0.1, 0.15) is 11.1 Å². The molecule has 0 saturated carbocycles. The molecule has 0 aliphatic heterocycles. The van der Waals surface area contributed by atoms with Gasteiger partial charge in [0.2, 0.25) is 0 Å². The average Bonchev–Trinajstić information content (AvgIpc) is 2.48. The monoisotopic (exact) mass is 344 g/mol. The standard InChI is InChI=1S/C15H9BrN2O3/c1-2-10-4-3-5-12(6-10)17-9-11-7-13(18(20)21)8-14(16)15(11)19/h1,3-9,19H. The van der Waals surface area contributed by atoms with Crippen molar-refractivity contribution in [2.45, 2.75) is 0 Å². The van der Waals surface area contributed by atoms with Crippen LogP contribution in [-0.4, -0.2) is 16.2 Å². The van der Waals surface area contributed by atoms with Gasteiger partial charge in [-0.2, -0.15) is 0 Å². The molecule has 0 bridgehead atoms. The molecular weight excluding hydrogens is 336 g/mol. The van der Waals surface area contributed by atoms with E-state index in [-0.39, 0.29) is 21.5 Å². The molecule has 0 unspecified atom stereocenters. The highest BCUT2D eigenvalue weighted by molar-refractivity contribution is 9.10. The highest BCUT2D eigenvalue weighted by Crippen LogP contribution is 2.31. The lowest BCUT2D eigenvalue weighted by atomic mass is 10.2. The minimum absolute atomic E-state index is 0.113. The number of nitro groups is 1. The SMILES string of the molecule is C#Cc1cccc(N=Cc2cc([N+](=O)[O-])cc(Br)c2O)c1. The summed E-state index contributed by atoms with van der Waals surface area (Å²) < 4.78 is 0.232. The number of rotatable bonds is 3. The van der Waals surface area contributed by atoms with Crippen LogP contribution < -0.4 is 0 Å². The van der Waals surface area contributed by atoms with E-state index < -0.39 is 4.92 Å². The number of hydrogen-bond donors (Lipinski definition) is 1. The quantitative estimate of drug-likeness (QED) is 0.398. The molecule has 1 N–H and O–H groups in total. The van der Waals surface area contributed by atoms with Gasteiger partial charge < -0.3 is 5.11 Å². The molecule has 2 rings (SSSR count). The van der Waals surface area contributed by atoms with Gasteiger partial charge in [-0.25, -0.2) is 0 Å². The van der Waals surface area contributed by atoms with Crippen molar-refractivity contribution in [1.82, 2.24) is 0 Å². The van der Waals surface area contributed by atoms with E-state index in [0.717, 1.165) is 0 Å². The molecule has 21 heavy (non-hydrogen) atoms. The van der Waals surface area contributed by atoms with Crippen molar-refractivity contribution < 1.29 is 10.0 Å². The normalized spacial score (nSPS) is 10.5. The molecule has 0 amide bonds. The van der Waals surface area contributed by atoms with Gasteiger partial charge in [0.1, 0.15) is 5.75 Å². The molecule has 0 spiro atoms. The number of terminal acetylenes is 1. The Morgan fingerprint density at radius 2 is 2.14 bits per heavy atom. The largest absolute Gasteiger partial charge is 0.506 e. The second-order valence-corrected chi connectivity index (χ2v) is 4.93. The summed E-state index contributed by atoms with van der Waals surface area (Å²) in [5, 5.41) is 20.7. The molecule has 2 aromatic rings. The zero-order valence-electron chi connectivity index (χ0n) is 10.7. The number of benzene rings is 2. The lowest BCUT2D eigenvalue weighted by Crippen LogP contribution is -1.91. The Morgan fingerprint density at radius 3 is 2.81 bits per heavy atom. The van der Waals surface area contributed by atoms with Crippen molar-refractivity contribution in [2.24, 2.45) is 4.99 Å². The average molecular weight is 345 g/mol. The predicted octanol–water partition coefficient (Wildman–Crippen LogP) is 3.79. The molecule has 0 heterocycles. The van der Waals surface area contributed by atoms with Crippen molar-refractivity contribution in [3.8, 4) is 18.1 Å². The molecule has 0 aliphatic carbocycles. The second-order valence-electron chi connectivity index (χ2n) is 4.08. The van der Waals surface area contributed by atoms with Crippen LogP contribution in [0.5, 0.6) is 5.75 Å². The summed E-state index contributed by atoms with van der Waals surface area (Å²) in [6.07, 6.45) is 6.65.